The molecule has 0 aromatic heterocycles. The average Bonchev–Trinajstić information content (AvgIpc) is 1.98. The van der Waals surface area contributed by atoms with Crippen molar-refractivity contribution in [2.75, 3.05) is 0 Å². The highest BCUT2D eigenvalue weighted by Gasteiger charge is 2.51. The monoisotopic (exact) mass is 202 g/mol. The van der Waals surface area contributed by atoms with Crippen LogP contribution in [0.1, 0.15) is 34.1 Å². The van der Waals surface area contributed by atoms with Crippen LogP contribution in [0.4, 0.5) is 0 Å². The Labute approximate surface area is 83.6 Å². The van der Waals surface area contributed by atoms with Crippen LogP contribution >= 0.6 is 11.6 Å². The van der Waals surface area contributed by atoms with Crippen molar-refractivity contribution in [3.8, 4) is 0 Å². The molecule has 0 saturated heterocycles. The average molecular weight is 203 g/mol. The standard InChI is InChI=1S/C10H15ClO2/c1-9(2)5-6(12)10(3,4)8(13)7(9)11/h7H,5H2,1-4H3. The van der Waals surface area contributed by atoms with Crippen LogP contribution in [0.3, 0.4) is 0 Å². The van der Waals surface area contributed by atoms with Gasteiger partial charge >= 0.3 is 0 Å². The first kappa shape index (κ1) is 10.7. The Morgan fingerprint density at radius 2 is 1.69 bits per heavy atom. The van der Waals surface area contributed by atoms with Gasteiger partial charge in [0.15, 0.2) is 5.78 Å². The molecule has 1 rings (SSSR count). The zero-order valence-electron chi connectivity index (χ0n) is 8.48. The van der Waals surface area contributed by atoms with E-state index in [2.05, 4.69) is 0 Å². The Bertz CT molecular complexity index is 266. The van der Waals surface area contributed by atoms with Crippen molar-refractivity contribution in [2.45, 2.75) is 39.5 Å². The van der Waals surface area contributed by atoms with Crippen molar-refractivity contribution in [3.05, 3.63) is 0 Å². The fraction of sp³-hybridized carbons (Fsp3) is 0.800. The van der Waals surface area contributed by atoms with E-state index in [1.54, 1.807) is 13.8 Å². The molecule has 0 radical (unpaired) electrons. The number of alkyl halides is 1. The predicted molar refractivity (Wildman–Crippen MR) is 51.8 cm³/mol. The highest BCUT2D eigenvalue weighted by Crippen LogP contribution is 2.42. The molecular weight excluding hydrogens is 188 g/mol. The van der Waals surface area contributed by atoms with Gasteiger partial charge < -0.3 is 0 Å². The van der Waals surface area contributed by atoms with E-state index in [9.17, 15) is 9.59 Å². The van der Waals surface area contributed by atoms with Crippen LogP contribution in [0.25, 0.3) is 0 Å². The topological polar surface area (TPSA) is 34.1 Å². The highest BCUT2D eigenvalue weighted by atomic mass is 35.5. The summed E-state index contributed by atoms with van der Waals surface area (Å²) in [7, 11) is 0. The van der Waals surface area contributed by atoms with Crippen molar-refractivity contribution >= 4 is 23.2 Å². The maximum atomic E-state index is 11.7. The van der Waals surface area contributed by atoms with Gasteiger partial charge in [-0.1, -0.05) is 13.8 Å². The second-order valence-electron chi connectivity index (χ2n) is 4.94. The van der Waals surface area contributed by atoms with Crippen LogP contribution in [0.5, 0.6) is 0 Å². The van der Waals surface area contributed by atoms with E-state index < -0.39 is 16.2 Å². The summed E-state index contributed by atoms with van der Waals surface area (Å²) >= 11 is 6.01. The molecule has 0 aliphatic heterocycles. The minimum atomic E-state index is -0.887. The third kappa shape index (κ3) is 1.52. The van der Waals surface area contributed by atoms with E-state index in [4.69, 9.17) is 11.6 Å². The maximum absolute atomic E-state index is 11.7. The van der Waals surface area contributed by atoms with E-state index in [0.29, 0.717) is 6.42 Å². The van der Waals surface area contributed by atoms with E-state index >= 15 is 0 Å². The number of Topliss-reactive ketones (excluding diaryl/α,β-unsaturated/α-hetero) is 2. The van der Waals surface area contributed by atoms with Gasteiger partial charge in [0.05, 0.1) is 10.8 Å². The van der Waals surface area contributed by atoms with Crippen molar-refractivity contribution in [2.24, 2.45) is 10.8 Å². The third-order valence-electron chi connectivity index (χ3n) is 2.85. The molecule has 2 nitrogen and oxygen atoms in total. The smallest absolute Gasteiger partial charge is 0.164 e. The van der Waals surface area contributed by atoms with Crippen LogP contribution in [0, 0.1) is 10.8 Å². The number of ketones is 2. The molecule has 1 aliphatic rings. The van der Waals surface area contributed by atoms with Crippen molar-refractivity contribution < 1.29 is 9.59 Å². The normalized spacial score (nSPS) is 31.9. The van der Waals surface area contributed by atoms with E-state index in [1.807, 2.05) is 13.8 Å². The molecule has 1 unspecified atom stereocenters. The maximum Gasteiger partial charge on any atom is 0.164 e. The fourth-order valence-corrected chi connectivity index (χ4v) is 1.88. The van der Waals surface area contributed by atoms with Crippen LogP contribution in [0.15, 0.2) is 0 Å². The lowest BCUT2D eigenvalue weighted by molar-refractivity contribution is -0.145. The van der Waals surface area contributed by atoms with E-state index in [-0.39, 0.29) is 11.6 Å². The summed E-state index contributed by atoms with van der Waals surface area (Å²) < 4.78 is 0. The van der Waals surface area contributed by atoms with Gasteiger partial charge in [0, 0.05) is 6.42 Å². The number of hydrogen-bond acceptors (Lipinski definition) is 2. The van der Waals surface area contributed by atoms with Gasteiger partial charge in [-0.2, -0.15) is 0 Å². The second-order valence-corrected chi connectivity index (χ2v) is 5.38. The lowest BCUT2D eigenvalue weighted by Gasteiger charge is -2.40. The molecular formula is C10H15ClO2. The van der Waals surface area contributed by atoms with Crippen LogP contribution in [-0.2, 0) is 9.59 Å². The molecule has 1 aliphatic carbocycles. The Morgan fingerprint density at radius 1 is 1.23 bits per heavy atom. The van der Waals surface area contributed by atoms with Crippen LogP contribution in [0.2, 0.25) is 0 Å². The number of halogens is 1. The third-order valence-corrected chi connectivity index (χ3v) is 3.63. The predicted octanol–water partition coefficient (Wildman–Crippen LogP) is 2.19. The zero-order valence-corrected chi connectivity index (χ0v) is 9.23. The Morgan fingerprint density at radius 3 is 2.15 bits per heavy atom. The molecule has 0 bridgehead atoms. The summed E-state index contributed by atoms with van der Waals surface area (Å²) in [4.78, 5) is 23.3. The number of hydrogen-bond donors (Lipinski definition) is 0. The van der Waals surface area contributed by atoms with Gasteiger partial charge in [0.2, 0.25) is 0 Å². The summed E-state index contributed by atoms with van der Waals surface area (Å²) in [6.07, 6.45) is 0.389. The largest absolute Gasteiger partial charge is 0.299 e. The fourth-order valence-electron chi connectivity index (χ4n) is 1.53. The Hall–Kier alpha value is -0.370. The number of rotatable bonds is 0. The Kier molecular flexibility index (Phi) is 2.31. The minimum absolute atomic E-state index is 0.000556. The van der Waals surface area contributed by atoms with Gasteiger partial charge in [0.1, 0.15) is 5.78 Å². The molecule has 13 heavy (non-hydrogen) atoms. The molecule has 74 valence electrons. The second kappa shape index (κ2) is 2.81. The number of carbonyl (C=O) groups excluding carboxylic acids is 2. The molecule has 3 heteroatoms. The molecule has 1 fully saturated rings. The van der Waals surface area contributed by atoms with Gasteiger partial charge in [-0.25, -0.2) is 0 Å². The van der Waals surface area contributed by atoms with Gasteiger partial charge in [-0.15, -0.1) is 11.6 Å². The lowest BCUT2D eigenvalue weighted by Crippen LogP contribution is -2.51. The van der Waals surface area contributed by atoms with E-state index in [1.165, 1.54) is 0 Å². The SMILES string of the molecule is CC1(C)C(=O)CC(C)(C)C(Cl)C1=O. The quantitative estimate of drug-likeness (QED) is 0.446. The zero-order chi connectivity index (χ0) is 10.4. The molecule has 0 spiro atoms. The Balaban J connectivity index is 3.07. The summed E-state index contributed by atoms with van der Waals surface area (Å²) in [6.45, 7) is 7.02. The van der Waals surface area contributed by atoms with Gasteiger partial charge in [0.25, 0.3) is 0 Å². The first-order chi connectivity index (χ1) is 5.69. The molecule has 0 heterocycles. The molecule has 0 N–H and O–H groups in total. The summed E-state index contributed by atoms with van der Waals surface area (Å²) in [6, 6.07) is 0. The molecule has 1 saturated carbocycles. The highest BCUT2D eigenvalue weighted by molar-refractivity contribution is 6.35. The first-order valence-corrected chi connectivity index (χ1v) is 4.85. The minimum Gasteiger partial charge on any atom is -0.299 e. The first-order valence-electron chi connectivity index (χ1n) is 4.41. The van der Waals surface area contributed by atoms with Gasteiger partial charge in [-0.3, -0.25) is 9.59 Å². The van der Waals surface area contributed by atoms with Crippen molar-refractivity contribution in [3.63, 3.8) is 0 Å². The summed E-state index contributed by atoms with van der Waals surface area (Å²) in [5.74, 6) is -0.144. The van der Waals surface area contributed by atoms with Gasteiger partial charge in [-0.05, 0) is 19.3 Å². The summed E-state index contributed by atoms with van der Waals surface area (Å²) in [5.41, 5.74) is -1.28. The van der Waals surface area contributed by atoms with Crippen molar-refractivity contribution in [1.82, 2.24) is 0 Å². The van der Waals surface area contributed by atoms with Crippen LogP contribution in [-0.4, -0.2) is 16.9 Å². The lowest BCUT2D eigenvalue weighted by atomic mass is 9.65. The van der Waals surface area contributed by atoms with E-state index in [0.717, 1.165) is 0 Å². The molecule has 0 amide bonds. The van der Waals surface area contributed by atoms with Crippen molar-refractivity contribution in [1.29, 1.82) is 0 Å². The summed E-state index contributed by atoms with van der Waals surface area (Å²) in [5, 5.41) is -0.541. The number of carbonyl (C=O) groups is 2. The molecule has 0 aromatic rings. The van der Waals surface area contributed by atoms with Crippen LogP contribution < -0.4 is 0 Å². The molecule has 0 aromatic carbocycles. The molecule has 1 atom stereocenters.